The standard InChI is InChI=1S/C30H42N2O3/c1-22(2)27(20-31-17-14-23(3)19-30(5)15-16-30)28(24(4)9-8-18-34-6)29(33)32-26-12-10-25(11-13-26)21-35-7/h10,12-14,17,20,23,25H,11,15-16,18-19,21H2,1-7H3,(H,32,33)/b17-14-,28-24-,31-20?. The molecular formula is C30H42N2O3. The zero-order valence-corrected chi connectivity index (χ0v) is 22.5. The minimum atomic E-state index is -0.197. The molecule has 0 spiro atoms. The van der Waals surface area contributed by atoms with E-state index in [9.17, 15) is 4.79 Å². The first-order chi connectivity index (χ1) is 16.7. The van der Waals surface area contributed by atoms with Gasteiger partial charge in [0.25, 0.3) is 5.91 Å². The highest BCUT2D eigenvalue weighted by molar-refractivity contribution is 6.08. The molecule has 2 aliphatic rings. The molecule has 0 aliphatic heterocycles. The molecule has 1 saturated carbocycles. The first-order valence-electron chi connectivity index (χ1n) is 12.4. The van der Waals surface area contributed by atoms with Gasteiger partial charge in [-0.25, -0.2) is 0 Å². The van der Waals surface area contributed by atoms with E-state index in [1.54, 1.807) is 20.4 Å². The maximum Gasteiger partial charge on any atom is 0.257 e. The van der Waals surface area contributed by atoms with Crippen LogP contribution in [-0.4, -0.2) is 39.6 Å². The third kappa shape index (κ3) is 9.84. The second kappa shape index (κ2) is 14.0. The number of ether oxygens (including phenoxy) is 2. The number of amides is 1. The molecule has 5 heteroatoms. The van der Waals surface area contributed by atoms with Gasteiger partial charge in [0.1, 0.15) is 6.61 Å². The lowest BCUT2D eigenvalue weighted by Gasteiger charge is -2.18. The Bertz CT molecular complexity index is 990. The molecule has 0 aromatic heterocycles. The van der Waals surface area contributed by atoms with E-state index in [4.69, 9.17) is 9.47 Å². The summed E-state index contributed by atoms with van der Waals surface area (Å²) in [5, 5.41) is 3.05. The molecule has 0 aromatic carbocycles. The molecule has 0 heterocycles. The Balaban J connectivity index is 2.24. The largest absolute Gasteiger partial charge is 0.384 e. The van der Waals surface area contributed by atoms with Crippen LogP contribution in [0.4, 0.5) is 0 Å². The van der Waals surface area contributed by atoms with E-state index in [1.807, 2.05) is 39.1 Å². The van der Waals surface area contributed by atoms with E-state index in [2.05, 4.69) is 48.1 Å². The molecule has 5 nitrogen and oxygen atoms in total. The normalized spacial score (nSPS) is 20.1. The van der Waals surface area contributed by atoms with Crippen molar-refractivity contribution in [3.8, 4) is 11.8 Å². The van der Waals surface area contributed by atoms with Gasteiger partial charge in [0.15, 0.2) is 0 Å². The molecule has 1 fully saturated rings. The number of carbonyl (C=O) groups excluding carboxylic acids is 1. The fraction of sp³-hybridized carbons (Fsp3) is 0.533. The van der Waals surface area contributed by atoms with Crippen molar-refractivity contribution in [1.82, 2.24) is 5.32 Å². The van der Waals surface area contributed by atoms with Crippen molar-refractivity contribution >= 4 is 12.1 Å². The summed E-state index contributed by atoms with van der Waals surface area (Å²) >= 11 is 0. The van der Waals surface area contributed by atoms with Crippen LogP contribution >= 0.6 is 0 Å². The van der Waals surface area contributed by atoms with E-state index in [1.165, 1.54) is 19.3 Å². The van der Waals surface area contributed by atoms with Gasteiger partial charge >= 0.3 is 0 Å². The highest BCUT2D eigenvalue weighted by Gasteiger charge is 2.37. The van der Waals surface area contributed by atoms with Gasteiger partial charge in [-0.3, -0.25) is 9.79 Å². The van der Waals surface area contributed by atoms with Crippen molar-refractivity contribution < 1.29 is 14.3 Å². The zero-order chi connectivity index (χ0) is 25.8. The van der Waals surface area contributed by atoms with E-state index >= 15 is 0 Å². The summed E-state index contributed by atoms with van der Waals surface area (Å²) in [6.07, 6.45) is 16.5. The first kappa shape index (κ1) is 28.6. The number of rotatable bonds is 11. The topological polar surface area (TPSA) is 59.9 Å². The van der Waals surface area contributed by atoms with Gasteiger partial charge in [0.2, 0.25) is 0 Å². The number of carbonyl (C=O) groups is 1. The highest BCUT2D eigenvalue weighted by atomic mass is 16.5. The van der Waals surface area contributed by atoms with E-state index in [0.717, 1.165) is 23.3 Å². The van der Waals surface area contributed by atoms with Crippen LogP contribution < -0.4 is 5.32 Å². The van der Waals surface area contributed by atoms with E-state index in [-0.39, 0.29) is 5.91 Å². The summed E-state index contributed by atoms with van der Waals surface area (Å²) in [4.78, 5) is 18.0. The molecule has 0 aromatic rings. The average molecular weight is 479 g/mol. The number of nitrogens with one attached hydrogen (secondary N) is 1. The van der Waals surface area contributed by atoms with Gasteiger partial charge in [-0.05, 0) is 63.9 Å². The first-order valence-corrected chi connectivity index (χ1v) is 12.4. The van der Waals surface area contributed by atoms with E-state index in [0.29, 0.717) is 41.6 Å². The van der Waals surface area contributed by atoms with Crippen LogP contribution in [0, 0.1) is 29.1 Å². The molecule has 0 bridgehead atoms. The van der Waals surface area contributed by atoms with Gasteiger partial charge in [-0.1, -0.05) is 49.5 Å². The Labute approximate surface area is 212 Å². The maximum absolute atomic E-state index is 13.5. The quantitative estimate of drug-likeness (QED) is 0.173. The molecule has 190 valence electrons. The number of nitrogens with zero attached hydrogens (tertiary/aromatic N) is 1. The van der Waals surface area contributed by atoms with Gasteiger partial charge in [-0.2, -0.15) is 0 Å². The van der Waals surface area contributed by atoms with Crippen molar-refractivity contribution in [3.63, 3.8) is 0 Å². The second-order valence-electron chi connectivity index (χ2n) is 10.2. The average Bonchev–Trinajstić information content (AvgIpc) is 3.53. The SMILES string of the molecule is COCC#C/C(C)=C(\C(=O)NC1=CCC(COC)C=C1)C(C=N/C=C\C(C)CC1(C)CC1)=C(C)C. The number of methoxy groups -OCH3 is 2. The number of allylic oxidation sites excluding steroid dienone is 5. The van der Waals surface area contributed by atoms with Gasteiger partial charge in [-0.15, -0.1) is 0 Å². The Kier molecular flexibility index (Phi) is 11.4. The lowest BCUT2D eigenvalue weighted by Crippen LogP contribution is -2.27. The molecule has 1 N–H and O–H groups in total. The van der Waals surface area contributed by atoms with Crippen LogP contribution in [0.5, 0.6) is 0 Å². The van der Waals surface area contributed by atoms with Crippen LogP contribution in [0.25, 0.3) is 0 Å². The zero-order valence-electron chi connectivity index (χ0n) is 22.5. The minimum Gasteiger partial charge on any atom is -0.384 e. The maximum atomic E-state index is 13.5. The summed E-state index contributed by atoms with van der Waals surface area (Å²) < 4.78 is 10.3. The molecule has 1 amide bonds. The third-order valence-electron chi connectivity index (χ3n) is 6.35. The van der Waals surface area contributed by atoms with Gasteiger partial charge in [0.05, 0.1) is 12.2 Å². The summed E-state index contributed by atoms with van der Waals surface area (Å²) in [6.45, 7) is 11.4. The molecule has 2 atom stereocenters. The molecule has 0 radical (unpaired) electrons. The molecule has 35 heavy (non-hydrogen) atoms. The molecule has 0 saturated heterocycles. The Hall–Kier alpha value is -2.68. The number of hydrogen-bond donors (Lipinski definition) is 1. The van der Waals surface area contributed by atoms with E-state index < -0.39 is 0 Å². The fourth-order valence-electron chi connectivity index (χ4n) is 4.11. The summed E-state index contributed by atoms with van der Waals surface area (Å²) in [5.41, 5.74) is 4.26. The van der Waals surface area contributed by atoms with Crippen molar-refractivity contribution in [1.29, 1.82) is 0 Å². The second-order valence-corrected chi connectivity index (χ2v) is 10.2. The highest BCUT2D eigenvalue weighted by Crippen LogP contribution is 2.50. The van der Waals surface area contributed by atoms with Crippen molar-refractivity contribution in [3.05, 3.63) is 58.5 Å². The van der Waals surface area contributed by atoms with Gasteiger partial charge in [0, 0.05) is 49.4 Å². The lowest BCUT2D eigenvalue weighted by atomic mass is 9.95. The smallest absolute Gasteiger partial charge is 0.257 e. The van der Waals surface area contributed by atoms with Crippen LogP contribution in [0.2, 0.25) is 0 Å². The van der Waals surface area contributed by atoms with Crippen LogP contribution in [-0.2, 0) is 14.3 Å². The third-order valence-corrected chi connectivity index (χ3v) is 6.35. The summed E-state index contributed by atoms with van der Waals surface area (Å²) in [6, 6.07) is 0. The Morgan fingerprint density at radius 1 is 1.29 bits per heavy atom. The summed E-state index contributed by atoms with van der Waals surface area (Å²) in [7, 11) is 3.30. The predicted octanol–water partition coefficient (Wildman–Crippen LogP) is 5.92. The number of aliphatic imine (C=N–C) groups is 1. The lowest BCUT2D eigenvalue weighted by molar-refractivity contribution is -0.116. The van der Waals surface area contributed by atoms with Crippen molar-refractivity contribution in [2.75, 3.05) is 27.4 Å². The van der Waals surface area contributed by atoms with Gasteiger partial charge < -0.3 is 14.8 Å². The monoisotopic (exact) mass is 478 g/mol. The van der Waals surface area contributed by atoms with Crippen LogP contribution in [0.3, 0.4) is 0 Å². The molecule has 2 unspecified atom stereocenters. The minimum absolute atomic E-state index is 0.197. The van der Waals surface area contributed by atoms with Crippen molar-refractivity contribution in [2.24, 2.45) is 22.2 Å². The Morgan fingerprint density at radius 3 is 2.60 bits per heavy atom. The van der Waals surface area contributed by atoms with Crippen LogP contribution in [0.15, 0.2) is 63.5 Å². The summed E-state index contributed by atoms with van der Waals surface area (Å²) in [5.74, 6) is 6.65. The molecular weight excluding hydrogens is 436 g/mol. The van der Waals surface area contributed by atoms with Crippen LogP contribution in [0.1, 0.15) is 60.3 Å². The van der Waals surface area contributed by atoms with Crippen molar-refractivity contribution in [2.45, 2.75) is 60.3 Å². The molecule has 2 aliphatic carbocycles. The fourth-order valence-corrected chi connectivity index (χ4v) is 4.11. The predicted molar refractivity (Wildman–Crippen MR) is 145 cm³/mol. The Morgan fingerprint density at radius 2 is 2.03 bits per heavy atom. The number of hydrogen-bond acceptors (Lipinski definition) is 4. The molecule has 2 rings (SSSR count).